The first-order valence-corrected chi connectivity index (χ1v) is 9.22. The first-order valence-electron chi connectivity index (χ1n) is 9.22. The maximum Gasteiger partial charge on any atom is 0.133 e. The summed E-state index contributed by atoms with van der Waals surface area (Å²) in [5.41, 5.74) is 3.32. The lowest BCUT2D eigenvalue weighted by molar-refractivity contribution is -0.125. The van der Waals surface area contributed by atoms with Crippen molar-refractivity contribution in [2.24, 2.45) is 23.2 Å². The number of carbonyl (C=O) groups is 1. The van der Waals surface area contributed by atoms with Crippen LogP contribution in [0.25, 0.3) is 0 Å². The van der Waals surface area contributed by atoms with E-state index in [1.54, 1.807) is 12.7 Å². The van der Waals surface area contributed by atoms with Crippen molar-refractivity contribution in [3.63, 3.8) is 0 Å². The van der Waals surface area contributed by atoms with E-state index in [2.05, 4.69) is 25.1 Å². The van der Waals surface area contributed by atoms with E-state index >= 15 is 0 Å². The van der Waals surface area contributed by atoms with Gasteiger partial charge in [-0.05, 0) is 91.9 Å². The van der Waals surface area contributed by atoms with Gasteiger partial charge in [0.25, 0.3) is 0 Å². The minimum absolute atomic E-state index is 0.261. The highest BCUT2D eigenvalue weighted by Gasteiger charge is 2.55. The largest absolute Gasteiger partial charge is 0.497 e. The van der Waals surface area contributed by atoms with Gasteiger partial charge in [-0.15, -0.1) is 0 Å². The summed E-state index contributed by atoms with van der Waals surface area (Å²) in [5.74, 6) is 3.94. The number of benzene rings is 1. The summed E-state index contributed by atoms with van der Waals surface area (Å²) in [6.45, 7) is 4.23. The summed E-state index contributed by atoms with van der Waals surface area (Å²) in [7, 11) is 1.75. The van der Waals surface area contributed by atoms with Gasteiger partial charge in [0.1, 0.15) is 11.5 Å². The zero-order valence-electron chi connectivity index (χ0n) is 14.6. The van der Waals surface area contributed by atoms with E-state index in [4.69, 9.17) is 4.74 Å². The van der Waals surface area contributed by atoms with Crippen molar-refractivity contribution < 1.29 is 9.53 Å². The minimum Gasteiger partial charge on any atom is -0.497 e. The van der Waals surface area contributed by atoms with E-state index in [1.807, 2.05) is 6.92 Å². The van der Waals surface area contributed by atoms with Gasteiger partial charge in [-0.1, -0.05) is 13.0 Å². The first-order chi connectivity index (χ1) is 11.0. The van der Waals surface area contributed by atoms with Crippen LogP contribution in [0.3, 0.4) is 0 Å². The molecule has 2 nitrogen and oxygen atoms in total. The second-order valence-electron chi connectivity index (χ2n) is 8.27. The molecule has 2 saturated carbocycles. The molecular weight excluding hydrogens is 284 g/mol. The van der Waals surface area contributed by atoms with Gasteiger partial charge in [-0.2, -0.15) is 0 Å². The summed E-state index contributed by atoms with van der Waals surface area (Å²) >= 11 is 0. The average Bonchev–Trinajstić information content (AvgIpc) is 2.91. The summed E-state index contributed by atoms with van der Waals surface area (Å²) in [4.78, 5) is 12.1. The highest BCUT2D eigenvalue weighted by atomic mass is 16.5. The third-order valence-corrected chi connectivity index (χ3v) is 7.42. The zero-order chi connectivity index (χ0) is 16.2. The zero-order valence-corrected chi connectivity index (χ0v) is 14.6. The van der Waals surface area contributed by atoms with Gasteiger partial charge in [0, 0.05) is 5.92 Å². The molecule has 4 rings (SSSR count). The third-order valence-electron chi connectivity index (χ3n) is 7.42. The van der Waals surface area contributed by atoms with E-state index < -0.39 is 0 Å². The molecule has 2 heteroatoms. The fourth-order valence-corrected chi connectivity index (χ4v) is 6.35. The van der Waals surface area contributed by atoms with Crippen molar-refractivity contribution in [1.82, 2.24) is 0 Å². The van der Waals surface area contributed by atoms with Crippen LogP contribution in [0.1, 0.15) is 63.0 Å². The Morgan fingerprint density at radius 1 is 1.22 bits per heavy atom. The van der Waals surface area contributed by atoms with Crippen LogP contribution in [0, 0.1) is 23.2 Å². The Bertz CT molecular complexity index is 635. The highest BCUT2D eigenvalue weighted by Crippen LogP contribution is 2.63. The summed E-state index contributed by atoms with van der Waals surface area (Å²) in [5, 5.41) is 0. The number of carbonyl (C=O) groups excluding carboxylic acids is 1. The maximum absolute atomic E-state index is 12.1. The van der Waals surface area contributed by atoms with Crippen LogP contribution in [-0.4, -0.2) is 12.9 Å². The van der Waals surface area contributed by atoms with Crippen LogP contribution in [0.2, 0.25) is 0 Å². The highest BCUT2D eigenvalue weighted by molar-refractivity contribution is 5.79. The van der Waals surface area contributed by atoms with Crippen LogP contribution in [0.5, 0.6) is 5.75 Å². The van der Waals surface area contributed by atoms with Gasteiger partial charge in [-0.3, -0.25) is 4.79 Å². The van der Waals surface area contributed by atoms with E-state index in [0.29, 0.717) is 17.6 Å². The summed E-state index contributed by atoms with van der Waals surface area (Å²) < 4.78 is 5.40. The van der Waals surface area contributed by atoms with Crippen molar-refractivity contribution >= 4 is 5.78 Å². The van der Waals surface area contributed by atoms with Crippen molar-refractivity contribution in [1.29, 1.82) is 0 Å². The summed E-state index contributed by atoms with van der Waals surface area (Å²) in [6.07, 6.45) is 7.30. The van der Waals surface area contributed by atoms with E-state index in [-0.39, 0.29) is 5.41 Å². The molecule has 0 aliphatic heterocycles. The predicted octanol–water partition coefficient (Wildman–Crippen LogP) is 4.76. The molecule has 23 heavy (non-hydrogen) atoms. The van der Waals surface area contributed by atoms with Gasteiger partial charge in [0.05, 0.1) is 7.11 Å². The van der Waals surface area contributed by atoms with E-state index in [1.165, 1.54) is 37.7 Å². The normalized spacial score (nSPS) is 38.4. The molecule has 0 bridgehead atoms. The van der Waals surface area contributed by atoms with Crippen LogP contribution in [-0.2, 0) is 11.2 Å². The Morgan fingerprint density at radius 2 is 2.04 bits per heavy atom. The lowest BCUT2D eigenvalue weighted by Crippen LogP contribution is -2.43. The topological polar surface area (TPSA) is 26.3 Å². The second-order valence-corrected chi connectivity index (χ2v) is 8.27. The first kappa shape index (κ1) is 15.2. The predicted molar refractivity (Wildman–Crippen MR) is 91.8 cm³/mol. The Morgan fingerprint density at radius 3 is 2.78 bits per heavy atom. The molecule has 0 amide bonds. The van der Waals surface area contributed by atoms with Crippen molar-refractivity contribution in [2.75, 3.05) is 7.11 Å². The lowest BCUT2D eigenvalue weighted by atomic mass is 9.54. The number of ketones is 1. The Labute approximate surface area is 139 Å². The van der Waals surface area contributed by atoms with Crippen molar-refractivity contribution in [2.45, 2.75) is 58.3 Å². The molecule has 2 fully saturated rings. The molecule has 3 aliphatic carbocycles. The lowest BCUT2D eigenvalue weighted by Gasteiger charge is -2.50. The van der Waals surface area contributed by atoms with Gasteiger partial charge in [-0.25, -0.2) is 0 Å². The van der Waals surface area contributed by atoms with Crippen molar-refractivity contribution in [3.8, 4) is 5.75 Å². The molecule has 0 radical (unpaired) electrons. The molecule has 0 aromatic heterocycles. The fourth-order valence-electron chi connectivity index (χ4n) is 6.35. The third kappa shape index (κ3) is 2.17. The molecule has 1 aromatic rings. The van der Waals surface area contributed by atoms with Crippen LogP contribution in [0.15, 0.2) is 18.2 Å². The van der Waals surface area contributed by atoms with E-state index in [0.717, 1.165) is 24.0 Å². The molecule has 5 atom stereocenters. The number of methoxy groups -OCH3 is 1. The Kier molecular flexibility index (Phi) is 3.55. The number of Topliss-reactive ketones (excluding diaryl/α,β-unsaturated/α-hetero) is 1. The number of rotatable bonds is 2. The number of ether oxygens (including phenoxy) is 1. The quantitative estimate of drug-likeness (QED) is 0.787. The smallest absolute Gasteiger partial charge is 0.133 e. The second kappa shape index (κ2) is 5.36. The number of fused-ring (bicyclic) bond motifs is 5. The summed E-state index contributed by atoms with van der Waals surface area (Å²) in [6, 6.07) is 6.68. The van der Waals surface area contributed by atoms with Crippen LogP contribution < -0.4 is 4.74 Å². The maximum atomic E-state index is 12.1. The van der Waals surface area contributed by atoms with Crippen LogP contribution in [0.4, 0.5) is 0 Å². The molecule has 124 valence electrons. The molecule has 1 aromatic carbocycles. The molecule has 0 N–H and O–H groups in total. The Balaban J connectivity index is 1.66. The average molecular weight is 312 g/mol. The number of aryl methyl sites for hydroxylation is 1. The molecule has 0 unspecified atom stereocenters. The molecule has 0 heterocycles. The van der Waals surface area contributed by atoms with Gasteiger partial charge in [0.2, 0.25) is 0 Å². The van der Waals surface area contributed by atoms with Gasteiger partial charge < -0.3 is 4.74 Å². The molecule has 3 aliphatic rings. The monoisotopic (exact) mass is 312 g/mol. The van der Waals surface area contributed by atoms with Crippen LogP contribution >= 0.6 is 0 Å². The fraction of sp³-hybridized carbons (Fsp3) is 0.667. The number of hydrogen-bond donors (Lipinski definition) is 0. The molecule has 0 saturated heterocycles. The standard InChI is InChI=1S/C21H28O2/c1-13(22)19-8-9-20-18-6-4-14-12-15(23-3)5-7-16(14)17(18)10-11-21(19,20)2/h5,7,12,17-20H,4,6,8-11H2,1-3H3/t17-,18-,19+,20-,21+/m0/s1. The van der Waals surface area contributed by atoms with Crippen molar-refractivity contribution in [3.05, 3.63) is 29.3 Å². The Hall–Kier alpha value is -1.31. The van der Waals surface area contributed by atoms with Gasteiger partial charge in [0.15, 0.2) is 0 Å². The number of hydrogen-bond acceptors (Lipinski definition) is 2. The SMILES string of the molecule is COc1ccc2c(c1)CC[C@H]1[C@H]2CC[C@]2(C)[C@@H](C(C)=O)CC[C@@H]12. The van der Waals surface area contributed by atoms with Gasteiger partial charge >= 0.3 is 0 Å². The van der Waals surface area contributed by atoms with E-state index in [9.17, 15) is 4.79 Å². The molecular formula is C21H28O2. The minimum atomic E-state index is 0.261. The molecule has 0 spiro atoms.